The van der Waals surface area contributed by atoms with E-state index in [0.29, 0.717) is 19.3 Å². The number of rotatable bonds is 49. The summed E-state index contributed by atoms with van der Waals surface area (Å²) in [4.78, 5) is 38.0. The number of hydrogen-bond donors (Lipinski definition) is 0. The van der Waals surface area contributed by atoms with E-state index in [2.05, 4.69) is 34.6 Å². The third-order valence-electron chi connectivity index (χ3n) is 12.5. The molecule has 0 saturated carbocycles. The van der Waals surface area contributed by atoms with Gasteiger partial charge in [0, 0.05) is 19.3 Å². The Labute approximate surface area is 380 Å². The minimum atomic E-state index is -0.762. The van der Waals surface area contributed by atoms with Crippen molar-refractivity contribution in [2.75, 3.05) is 13.2 Å². The summed E-state index contributed by atoms with van der Waals surface area (Å²) in [6, 6.07) is 0. The Bertz CT molecular complexity index is 931. The fourth-order valence-electron chi connectivity index (χ4n) is 8.34. The molecule has 0 aromatic carbocycles. The monoisotopic (exact) mass is 863 g/mol. The van der Waals surface area contributed by atoms with Gasteiger partial charge in [0.15, 0.2) is 6.10 Å². The number of carbonyl (C=O) groups excluding carboxylic acids is 3. The van der Waals surface area contributed by atoms with Crippen LogP contribution in [0.4, 0.5) is 0 Å². The lowest BCUT2D eigenvalue weighted by molar-refractivity contribution is -0.167. The molecule has 0 radical (unpaired) electrons. The molecule has 1 atom stereocenters. The van der Waals surface area contributed by atoms with Gasteiger partial charge in [-0.25, -0.2) is 0 Å². The number of carbonyl (C=O) groups is 3. The summed E-state index contributed by atoms with van der Waals surface area (Å²) in [6.07, 6.45) is 49.6. The lowest BCUT2D eigenvalue weighted by atomic mass is 10.0. The SMILES string of the molecule is CCCCCCCCCCCCCCCCCCC(=O)OC[C@@H](COC(=O)CCCCCCCCC(C)C)OC(=O)CCCCCCCCCCCCCCCCCC(C)C. The zero-order valence-corrected chi connectivity index (χ0v) is 41.8. The standard InChI is InChI=1S/C55H106O6/c1-6-7-8-9-10-11-12-13-14-17-20-23-26-29-35-40-45-53(56)59-48-52(49-60-54(57)46-41-36-32-31-34-39-44-51(4)5)61-55(58)47-42-37-30-27-24-21-18-15-16-19-22-25-28-33-38-43-50(2)3/h50-52H,6-49H2,1-5H3/t52-/m0/s1. The van der Waals surface area contributed by atoms with E-state index in [1.807, 2.05) is 0 Å². The van der Waals surface area contributed by atoms with Crippen molar-refractivity contribution in [1.29, 1.82) is 0 Å². The van der Waals surface area contributed by atoms with Gasteiger partial charge in [-0.1, -0.05) is 266 Å². The van der Waals surface area contributed by atoms with Gasteiger partial charge in [0.2, 0.25) is 0 Å². The molecule has 61 heavy (non-hydrogen) atoms. The Morgan fingerprint density at radius 3 is 0.803 bits per heavy atom. The van der Waals surface area contributed by atoms with Crippen molar-refractivity contribution < 1.29 is 28.6 Å². The van der Waals surface area contributed by atoms with Gasteiger partial charge in [0.05, 0.1) is 0 Å². The first-order chi connectivity index (χ1) is 29.7. The summed E-state index contributed by atoms with van der Waals surface area (Å²) in [5.41, 5.74) is 0. The van der Waals surface area contributed by atoms with E-state index in [9.17, 15) is 14.4 Å². The second-order valence-electron chi connectivity index (χ2n) is 19.8. The molecule has 0 aliphatic heterocycles. The number of unbranched alkanes of at least 4 members (excludes halogenated alkanes) is 34. The largest absolute Gasteiger partial charge is 0.462 e. The average Bonchev–Trinajstić information content (AvgIpc) is 3.23. The molecule has 0 amide bonds. The fraction of sp³-hybridized carbons (Fsp3) is 0.945. The number of ether oxygens (including phenoxy) is 3. The van der Waals surface area contributed by atoms with Crippen LogP contribution in [0.15, 0.2) is 0 Å². The average molecular weight is 863 g/mol. The molecule has 0 aliphatic carbocycles. The van der Waals surface area contributed by atoms with Gasteiger partial charge in [-0.3, -0.25) is 14.4 Å². The minimum absolute atomic E-state index is 0.0640. The van der Waals surface area contributed by atoms with Gasteiger partial charge < -0.3 is 14.2 Å². The molecule has 0 aromatic heterocycles. The predicted molar refractivity (Wildman–Crippen MR) is 261 cm³/mol. The van der Waals surface area contributed by atoms with Gasteiger partial charge in [0.1, 0.15) is 13.2 Å². The molecule has 0 unspecified atom stereocenters. The lowest BCUT2D eigenvalue weighted by Crippen LogP contribution is -2.30. The number of hydrogen-bond acceptors (Lipinski definition) is 6. The zero-order chi connectivity index (χ0) is 44.7. The van der Waals surface area contributed by atoms with Crippen molar-refractivity contribution in [2.45, 2.75) is 310 Å². The Morgan fingerprint density at radius 1 is 0.311 bits per heavy atom. The molecule has 0 rings (SSSR count). The van der Waals surface area contributed by atoms with Crippen molar-refractivity contribution in [3.05, 3.63) is 0 Å². The Morgan fingerprint density at radius 2 is 0.541 bits per heavy atom. The quantitative estimate of drug-likeness (QED) is 0.0344. The first kappa shape index (κ1) is 59.4. The molecule has 0 spiro atoms. The third kappa shape index (κ3) is 49.3. The van der Waals surface area contributed by atoms with Crippen LogP contribution < -0.4 is 0 Å². The van der Waals surface area contributed by atoms with E-state index in [0.717, 1.165) is 69.6 Å². The third-order valence-corrected chi connectivity index (χ3v) is 12.5. The maximum Gasteiger partial charge on any atom is 0.306 e. The van der Waals surface area contributed by atoms with Crippen molar-refractivity contribution >= 4 is 17.9 Å². The molecule has 0 bridgehead atoms. The maximum atomic E-state index is 12.8. The second-order valence-corrected chi connectivity index (χ2v) is 19.8. The lowest BCUT2D eigenvalue weighted by Gasteiger charge is -2.18. The van der Waals surface area contributed by atoms with Gasteiger partial charge in [-0.05, 0) is 31.1 Å². The topological polar surface area (TPSA) is 78.9 Å². The Hall–Kier alpha value is -1.59. The second kappa shape index (κ2) is 47.9. The molecule has 362 valence electrons. The van der Waals surface area contributed by atoms with E-state index in [-0.39, 0.29) is 31.1 Å². The Kier molecular flexibility index (Phi) is 46.6. The van der Waals surface area contributed by atoms with Crippen LogP contribution in [-0.4, -0.2) is 37.2 Å². The molecular formula is C55H106O6. The van der Waals surface area contributed by atoms with Gasteiger partial charge >= 0.3 is 17.9 Å². The normalized spacial score (nSPS) is 12.0. The number of esters is 3. The van der Waals surface area contributed by atoms with Crippen molar-refractivity contribution in [2.24, 2.45) is 11.8 Å². The molecule has 0 N–H and O–H groups in total. The highest BCUT2D eigenvalue weighted by atomic mass is 16.6. The molecule has 0 saturated heterocycles. The summed E-state index contributed by atoms with van der Waals surface area (Å²) in [7, 11) is 0. The van der Waals surface area contributed by atoms with Crippen LogP contribution in [0.25, 0.3) is 0 Å². The van der Waals surface area contributed by atoms with E-state index in [1.165, 1.54) is 193 Å². The van der Waals surface area contributed by atoms with Crippen molar-refractivity contribution in [3.8, 4) is 0 Å². The molecule has 0 heterocycles. The van der Waals surface area contributed by atoms with E-state index < -0.39 is 6.10 Å². The molecular weight excluding hydrogens is 757 g/mol. The summed E-state index contributed by atoms with van der Waals surface area (Å²) in [6.45, 7) is 11.3. The predicted octanol–water partition coefficient (Wildman–Crippen LogP) is 17.7. The first-order valence-corrected chi connectivity index (χ1v) is 27.2. The van der Waals surface area contributed by atoms with Crippen molar-refractivity contribution in [3.63, 3.8) is 0 Å². The molecule has 6 nitrogen and oxygen atoms in total. The van der Waals surface area contributed by atoms with Gasteiger partial charge in [-0.2, -0.15) is 0 Å². The van der Waals surface area contributed by atoms with Crippen LogP contribution in [0.2, 0.25) is 0 Å². The van der Waals surface area contributed by atoms with Crippen LogP contribution in [0, 0.1) is 11.8 Å². The van der Waals surface area contributed by atoms with E-state index in [4.69, 9.17) is 14.2 Å². The van der Waals surface area contributed by atoms with Crippen molar-refractivity contribution in [1.82, 2.24) is 0 Å². The smallest absolute Gasteiger partial charge is 0.306 e. The molecule has 0 fully saturated rings. The fourth-order valence-corrected chi connectivity index (χ4v) is 8.34. The van der Waals surface area contributed by atoms with Crippen LogP contribution in [-0.2, 0) is 28.6 Å². The van der Waals surface area contributed by atoms with Crippen LogP contribution in [0.5, 0.6) is 0 Å². The molecule has 6 heteroatoms. The summed E-state index contributed by atoms with van der Waals surface area (Å²) in [5, 5.41) is 0. The highest BCUT2D eigenvalue weighted by Gasteiger charge is 2.19. The van der Waals surface area contributed by atoms with Crippen LogP contribution in [0.1, 0.15) is 304 Å². The Balaban J connectivity index is 4.24. The maximum absolute atomic E-state index is 12.8. The highest BCUT2D eigenvalue weighted by molar-refractivity contribution is 5.71. The highest BCUT2D eigenvalue weighted by Crippen LogP contribution is 2.18. The summed E-state index contributed by atoms with van der Waals surface area (Å²) < 4.78 is 16.8. The zero-order valence-electron chi connectivity index (χ0n) is 41.8. The van der Waals surface area contributed by atoms with Gasteiger partial charge in [-0.15, -0.1) is 0 Å². The minimum Gasteiger partial charge on any atom is -0.462 e. The van der Waals surface area contributed by atoms with E-state index in [1.54, 1.807) is 0 Å². The first-order valence-electron chi connectivity index (χ1n) is 27.2. The van der Waals surface area contributed by atoms with E-state index >= 15 is 0 Å². The summed E-state index contributed by atoms with van der Waals surface area (Å²) >= 11 is 0. The molecule has 0 aromatic rings. The van der Waals surface area contributed by atoms with Crippen LogP contribution >= 0.6 is 0 Å². The summed E-state index contributed by atoms with van der Waals surface area (Å²) in [5.74, 6) is 0.762. The van der Waals surface area contributed by atoms with Crippen LogP contribution in [0.3, 0.4) is 0 Å². The molecule has 0 aliphatic rings. The van der Waals surface area contributed by atoms with Gasteiger partial charge in [0.25, 0.3) is 0 Å².